The molecule has 2 atom stereocenters. The summed E-state index contributed by atoms with van der Waals surface area (Å²) in [6, 6.07) is 0.182. The van der Waals surface area contributed by atoms with Gasteiger partial charge in [0.15, 0.2) is 0 Å². The van der Waals surface area contributed by atoms with Gasteiger partial charge in [0.05, 0.1) is 12.5 Å². The molecular formula is C11H22N2O3. The minimum absolute atomic E-state index is 0.182. The first-order valence-corrected chi connectivity index (χ1v) is 5.87. The lowest BCUT2D eigenvalue weighted by molar-refractivity contribution is -0.137. The molecule has 2 unspecified atom stereocenters. The number of nitrogens with zero attached hydrogens (tertiary/aromatic N) is 2. The molecule has 1 heterocycles. The minimum atomic E-state index is -0.736. The van der Waals surface area contributed by atoms with Crippen molar-refractivity contribution in [3.8, 4) is 0 Å². The molecule has 94 valence electrons. The summed E-state index contributed by atoms with van der Waals surface area (Å²) in [5, 5.41) is 18.1. The van der Waals surface area contributed by atoms with Gasteiger partial charge in [0.2, 0.25) is 0 Å². The molecule has 1 fully saturated rings. The normalized spacial score (nSPS) is 22.9. The third kappa shape index (κ3) is 4.08. The van der Waals surface area contributed by atoms with E-state index >= 15 is 0 Å². The Hall–Kier alpha value is -0.650. The second kappa shape index (κ2) is 6.18. The Morgan fingerprint density at radius 2 is 1.81 bits per heavy atom. The zero-order chi connectivity index (χ0) is 12.1. The third-order valence-corrected chi connectivity index (χ3v) is 3.32. The number of carboxylic acid groups (broad SMARTS) is 1. The van der Waals surface area contributed by atoms with Crippen molar-refractivity contribution in [1.29, 1.82) is 0 Å². The van der Waals surface area contributed by atoms with Crippen LogP contribution >= 0.6 is 0 Å². The first-order chi connectivity index (χ1) is 7.50. The predicted molar refractivity (Wildman–Crippen MR) is 61.4 cm³/mol. The van der Waals surface area contributed by atoms with E-state index in [0.717, 1.165) is 26.2 Å². The Morgan fingerprint density at radius 3 is 2.25 bits per heavy atom. The van der Waals surface area contributed by atoms with Gasteiger partial charge in [-0.25, -0.2) is 0 Å². The summed E-state index contributed by atoms with van der Waals surface area (Å²) < 4.78 is 0. The predicted octanol–water partition coefficient (Wildman–Crippen LogP) is -0.152. The molecule has 5 heteroatoms. The van der Waals surface area contributed by atoms with Crippen molar-refractivity contribution in [2.24, 2.45) is 0 Å². The highest BCUT2D eigenvalue weighted by molar-refractivity contribution is 5.66. The van der Waals surface area contributed by atoms with Crippen LogP contribution in [0.3, 0.4) is 0 Å². The van der Waals surface area contributed by atoms with Crippen molar-refractivity contribution in [1.82, 2.24) is 9.80 Å². The Kier molecular flexibility index (Phi) is 5.18. The summed E-state index contributed by atoms with van der Waals surface area (Å²) in [7, 11) is 0. The maximum Gasteiger partial charge on any atom is 0.304 e. The van der Waals surface area contributed by atoms with E-state index in [2.05, 4.69) is 9.80 Å². The van der Waals surface area contributed by atoms with Crippen molar-refractivity contribution in [3.05, 3.63) is 0 Å². The SMILES string of the molecule is CC(O)C(C)N1CCN(CCC(=O)O)CC1. The van der Waals surface area contributed by atoms with Crippen LogP contribution in [0, 0.1) is 0 Å². The molecule has 0 aliphatic carbocycles. The van der Waals surface area contributed by atoms with E-state index in [0.29, 0.717) is 6.54 Å². The van der Waals surface area contributed by atoms with Gasteiger partial charge in [0.1, 0.15) is 0 Å². The quantitative estimate of drug-likeness (QED) is 0.687. The van der Waals surface area contributed by atoms with E-state index in [4.69, 9.17) is 5.11 Å². The molecule has 0 saturated carbocycles. The van der Waals surface area contributed by atoms with E-state index < -0.39 is 5.97 Å². The largest absolute Gasteiger partial charge is 0.481 e. The highest BCUT2D eigenvalue weighted by Crippen LogP contribution is 2.09. The fraction of sp³-hybridized carbons (Fsp3) is 0.909. The van der Waals surface area contributed by atoms with Gasteiger partial charge < -0.3 is 15.1 Å². The molecule has 5 nitrogen and oxygen atoms in total. The number of hydrogen-bond donors (Lipinski definition) is 2. The number of carboxylic acids is 1. The van der Waals surface area contributed by atoms with Gasteiger partial charge in [0.25, 0.3) is 0 Å². The van der Waals surface area contributed by atoms with E-state index in [-0.39, 0.29) is 18.6 Å². The zero-order valence-electron chi connectivity index (χ0n) is 10.1. The molecule has 0 aromatic rings. The second-order valence-electron chi connectivity index (χ2n) is 4.50. The number of rotatable bonds is 5. The van der Waals surface area contributed by atoms with Crippen molar-refractivity contribution in [2.45, 2.75) is 32.4 Å². The van der Waals surface area contributed by atoms with Crippen LogP contribution in [0.2, 0.25) is 0 Å². The van der Waals surface area contributed by atoms with E-state index in [1.165, 1.54) is 0 Å². The van der Waals surface area contributed by atoms with Crippen LogP contribution in [-0.2, 0) is 4.79 Å². The Balaban J connectivity index is 2.25. The van der Waals surface area contributed by atoms with Crippen molar-refractivity contribution >= 4 is 5.97 Å². The Labute approximate surface area is 96.7 Å². The van der Waals surface area contributed by atoms with Gasteiger partial charge >= 0.3 is 5.97 Å². The fourth-order valence-corrected chi connectivity index (χ4v) is 1.95. The van der Waals surface area contributed by atoms with Crippen LogP contribution in [-0.4, -0.2) is 70.9 Å². The standard InChI is InChI=1S/C11H22N2O3/c1-9(10(2)14)13-7-5-12(6-8-13)4-3-11(15)16/h9-10,14H,3-8H2,1-2H3,(H,15,16). The van der Waals surface area contributed by atoms with Crippen LogP contribution in [0.25, 0.3) is 0 Å². The van der Waals surface area contributed by atoms with Gasteiger partial charge in [-0.15, -0.1) is 0 Å². The first-order valence-electron chi connectivity index (χ1n) is 5.87. The molecule has 1 saturated heterocycles. The number of piperazine rings is 1. The number of aliphatic hydroxyl groups is 1. The lowest BCUT2D eigenvalue weighted by atomic mass is 10.1. The van der Waals surface area contributed by atoms with Gasteiger partial charge in [-0.1, -0.05) is 0 Å². The van der Waals surface area contributed by atoms with Crippen LogP contribution in [0.4, 0.5) is 0 Å². The summed E-state index contributed by atoms with van der Waals surface area (Å²) in [5.41, 5.74) is 0. The summed E-state index contributed by atoms with van der Waals surface area (Å²) in [5.74, 6) is -0.736. The highest BCUT2D eigenvalue weighted by atomic mass is 16.4. The Morgan fingerprint density at radius 1 is 1.25 bits per heavy atom. The molecule has 2 N–H and O–H groups in total. The maximum absolute atomic E-state index is 10.4. The van der Waals surface area contributed by atoms with Gasteiger partial charge in [-0.2, -0.15) is 0 Å². The second-order valence-corrected chi connectivity index (χ2v) is 4.50. The van der Waals surface area contributed by atoms with E-state index in [1.54, 1.807) is 0 Å². The molecule has 1 aliphatic rings. The first kappa shape index (κ1) is 13.4. The third-order valence-electron chi connectivity index (χ3n) is 3.32. The lowest BCUT2D eigenvalue weighted by Crippen LogP contribution is -2.52. The van der Waals surface area contributed by atoms with Crippen LogP contribution in [0.1, 0.15) is 20.3 Å². The smallest absolute Gasteiger partial charge is 0.304 e. The van der Waals surface area contributed by atoms with Crippen LogP contribution < -0.4 is 0 Å². The zero-order valence-corrected chi connectivity index (χ0v) is 10.1. The number of aliphatic carboxylic acids is 1. The molecule has 0 aromatic heterocycles. The summed E-state index contributed by atoms with van der Waals surface area (Å²) in [6.07, 6.45) is -0.100. The monoisotopic (exact) mass is 230 g/mol. The van der Waals surface area contributed by atoms with Crippen molar-refractivity contribution < 1.29 is 15.0 Å². The molecule has 1 aliphatic heterocycles. The number of carbonyl (C=O) groups is 1. The highest BCUT2D eigenvalue weighted by Gasteiger charge is 2.23. The lowest BCUT2D eigenvalue weighted by Gasteiger charge is -2.38. The molecule has 16 heavy (non-hydrogen) atoms. The van der Waals surface area contributed by atoms with Crippen LogP contribution in [0.15, 0.2) is 0 Å². The van der Waals surface area contributed by atoms with Crippen molar-refractivity contribution in [3.63, 3.8) is 0 Å². The minimum Gasteiger partial charge on any atom is -0.481 e. The van der Waals surface area contributed by atoms with Gasteiger partial charge in [-0.05, 0) is 13.8 Å². The van der Waals surface area contributed by atoms with Crippen LogP contribution in [0.5, 0.6) is 0 Å². The van der Waals surface area contributed by atoms with E-state index in [9.17, 15) is 9.90 Å². The molecule has 0 aromatic carbocycles. The van der Waals surface area contributed by atoms with Gasteiger partial charge in [0, 0.05) is 38.8 Å². The summed E-state index contributed by atoms with van der Waals surface area (Å²) in [4.78, 5) is 14.9. The fourth-order valence-electron chi connectivity index (χ4n) is 1.95. The average molecular weight is 230 g/mol. The van der Waals surface area contributed by atoms with Crippen molar-refractivity contribution in [2.75, 3.05) is 32.7 Å². The average Bonchev–Trinajstić information content (AvgIpc) is 2.26. The number of aliphatic hydroxyl groups excluding tert-OH is 1. The molecule has 1 rings (SSSR count). The van der Waals surface area contributed by atoms with E-state index in [1.807, 2.05) is 13.8 Å². The maximum atomic E-state index is 10.4. The molecular weight excluding hydrogens is 208 g/mol. The molecule has 0 spiro atoms. The Bertz CT molecular complexity index is 225. The molecule has 0 bridgehead atoms. The number of hydrogen-bond acceptors (Lipinski definition) is 4. The topological polar surface area (TPSA) is 64.0 Å². The summed E-state index contributed by atoms with van der Waals surface area (Å²) >= 11 is 0. The van der Waals surface area contributed by atoms with Gasteiger partial charge in [-0.3, -0.25) is 9.69 Å². The summed E-state index contributed by atoms with van der Waals surface area (Å²) in [6.45, 7) is 8.07. The molecule has 0 amide bonds. The molecule has 0 radical (unpaired) electrons.